The van der Waals surface area contributed by atoms with Crippen LogP contribution < -0.4 is 16.4 Å². The van der Waals surface area contributed by atoms with Crippen LogP contribution in [0.4, 0.5) is 0 Å². The summed E-state index contributed by atoms with van der Waals surface area (Å²) >= 11 is 0. The van der Waals surface area contributed by atoms with Crippen molar-refractivity contribution in [3.05, 3.63) is 35.2 Å². The van der Waals surface area contributed by atoms with Gasteiger partial charge in [0.25, 0.3) is 0 Å². The number of allylic oxidation sites excluding steroid dienone is 3. The normalized spacial score (nSPS) is 46.1. The van der Waals surface area contributed by atoms with Crippen molar-refractivity contribution in [2.75, 3.05) is 6.54 Å². The number of hydrogen-bond acceptors (Lipinski definition) is 11. The van der Waals surface area contributed by atoms with Crippen LogP contribution in [0.5, 0.6) is 0 Å². The lowest BCUT2D eigenvalue weighted by molar-refractivity contribution is -0.199. The van der Waals surface area contributed by atoms with Crippen molar-refractivity contribution in [3.8, 4) is 0 Å². The number of aliphatic hydroxyl groups is 6. The minimum absolute atomic E-state index is 0.0803. The van der Waals surface area contributed by atoms with E-state index in [0.29, 0.717) is 61.6 Å². The second-order valence-electron chi connectivity index (χ2n) is 19.6. The molecule has 4 saturated carbocycles. The van der Waals surface area contributed by atoms with Gasteiger partial charge in [-0.2, -0.15) is 0 Å². The predicted molar refractivity (Wildman–Crippen MR) is 210 cm³/mol. The fourth-order valence-electron chi connectivity index (χ4n) is 13.4. The van der Waals surface area contributed by atoms with E-state index in [2.05, 4.69) is 24.5 Å². The zero-order chi connectivity index (χ0) is 39.7. The topological polar surface area (TPSA) is 198 Å². The maximum absolute atomic E-state index is 14.9. The minimum atomic E-state index is -1.59. The third kappa shape index (κ3) is 6.88. The van der Waals surface area contributed by atoms with Crippen LogP contribution in [0.2, 0.25) is 0 Å². The molecule has 310 valence electrons. The molecule has 17 atom stereocenters. The highest BCUT2D eigenvalue weighted by Crippen LogP contribution is 2.70. The maximum atomic E-state index is 14.9. The van der Waals surface area contributed by atoms with Gasteiger partial charge in [-0.05, 0) is 137 Å². The van der Waals surface area contributed by atoms with E-state index in [1.807, 2.05) is 25.3 Å². The number of nitrogens with one attached hydrogen (secondary N) is 2. The molecular weight excluding hydrogens is 698 g/mol. The summed E-state index contributed by atoms with van der Waals surface area (Å²) in [6.07, 6.45) is 11.3. The molecule has 55 heavy (non-hydrogen) atoms. The second-order valence-corrected chi connectivity index (χ2v) is 19.6. The number of hydrogen-bond donors (Lipinski definition) is 9. The lowest BCUT2D eigenvalue weighted by Crippen LogP contribution is -2.65. The highest BCUT2D eigenvalue weighted by Gasteiger charge is 2.71. The minimum Gasteiger partial charge on any atom is -0.392 e. The molecule has 0 aromatic heterocycles. The molecule has 11 heteroatoms. The molecule has 2 heterocycles. The average molecular weight is 770 g/mol. The smallest absolute Gasteiger partial charge is 0.182 e. The number of aliphatic hydroxyl groups excluding tert-OH is 4. The maximum Gasteiger partial charge on any atom is 0.182 e. The van der Waals surface area contributed by atoms with Crippen molar-refractivity contribution in [2.45, 2.75) is 179 Å². The van der Waals surface area contributed by atoms with E-state index in [9.17, 15) is 35.4 Å². The molecule has 10 N–H and O–H groups in total. The lowest BCUT2D eigenvalue weighted by atomic mass is 9.43. The quantitative estimate of drug-likeness (QED) is 0.140. The Morgan fingerprint density at radius 1 is 1.11 bits per heavy atom. The number of fused-ring (bicyclic) bond motifs is 6. The van der Waals surface area contributed by atoms with Crippen LogP contribution in [0.3, 0.4) is 0 Å². The zero-order valence-electron chi connectivity index (χ0n) is 33.9. The predicted octanol–water partition coefficient (Wildman–Crippen LogP) is 3.70. The van der Waals surface area contributed by atoms with Crippen LogP contribution in [-0.2, 0) is 9.53 Å². The van der Waals surface area contributed by atoms with Crippen molar-refractivity contribution in [3.63, 3.8) is 0 Å². The number of carbonyl (C=O) groups is 1. The molecule has 0 bridgehead atoms. The van der Waals surface area contributed by atoms with Crippen LogP contribution in [0.1, 0.15) is 125 Å². The Bertz CT molecular complexity index is 1530. The average Bonchev–Trinajstić information content (AvgIpc) is 3.63. The number of dihydropyridines is 1. The first-order valence-corrected chi connectivity index (χ1v) is 21.7. The van der Waals surface area contributed by atoms with Gasteiger partial charge in [-0.3, -0.25) is 4.79 Å². The van der Waals surface area contributed by atoms with Crippen molar-refractivity contribution < 1.29 is 40.2 Å². The van der Waals surface area contributed by atoms with Crippen LogP contribution in [0, 0.1) is 46.3 Å². The Morgan fingerprint density at radius 2 is 1.87 bits per heavy atom. The molecule has 0 amide bonds. The fourth-order valence-corrected chi connectivity index (χ4v) is 13.4. The summed E-state index contributed by atoms with van der Waals surface area (Å²) in [6, 6.07) is 0. The van der Waals surface area contributed by atoms with Gasteiger partial charge in [0.2, 0.25) is 0 Å². The molecule has 1 saturated heterocycles. The van der Waals surface area contributed by atoms with E-state index >= 15 is 0 Å². The molecular formula is C44H71N3O8. The third-order valence-electron chi connectivity index (χ3n) is 16.5. The molecule has 7 rings (SSSR count). The molecule has 0 radical (unpaired) electrons. The molecule has 1 unspecified atom stereocenters. The largest absolute Gasteiger partial charge is 0.392 e. The summed E-state index contributed by atoms with van der Waals surface area (Å²) in [4.78, 5) is 14.9. The molecule has 5 fully saturated rings. The summed E-state index contributed by atoms with van der Waals surface area (Å²) in [5.41, 5.74) is 3.21. The van der Waals surface area contributed by atoms with Gasteiger partial charge < -0.3 is 51.7 Å². The Kier molecular flexibility index (Phi) is 11.6. The summed E-state index contributed by atoms with van der Waals surface area (Å²) in [5, 5.41) is 77.5. The zero-order valence-corrected chi connectivity index (χ0v) is 33.9. The van der Waals surface area contributed by atoms with Crippen LogP contribution in [-0.4, -0.2) is 97.0 Å². The number of rotatable bonds is 12. The first-order chi connectivity index (χ1) is 26.0. The van der Waals surface area contributed by atoms with Gasteiger partial charge in [-0.25, -0.2) is 0 Å². The van der Waals surface area contributed by atoms with Gasteiger partial charge in [0.05, 0.1) is 53.6 Å². The van der Waals surface area contributed by atoms with E-state index in [1.165, 1.54) is 19.3 Å². The summed E-state index contributed by atoms with van der Waals surface area (Å²) < 4.78 is 6.65. The number of ketones is 1. The summed E-state index contributed by atoms with van der Waals surface area (Å²) in [6.45, 7) is 9.91. The molecule has 11 nitrogen and oxygen atoms in total. The van der Waals surface area contributed by atoms with Gasteiger partial charge in [0.15, 0.2) is 5.78 Å². The molecule has 7 aliphatic rings. The lowest BCUT2D eigenvalue weighted by Gasteiger charge is -2.62. The first-order valence-electron chi connectivity index (χ1n) is 21.7. The van der Waals surface area contributed by atoms with E-state index in [4.69, 9.17) is 10.5 Å². The molecule has 0 aromatic carbocycles. The Labute approximate surface area is 328 Å². The third-order valence-corrected chi connectivity index (χ3v) is 16.5. The highest BCUT2D eigenvalue weighted by molar-refractivity contribution is 6.00. The standard InChI is InChI=1S/C44H71N3O8/c1-6-7-8-26-9-11-33-28(19-26)25(3)39(55-33)40(52)42(5,53)34-15-18-44(54)36-29(14-16-41(34,44)4)43(17-13-27-10-12-35(45)46-23-27)21-32(50)31(49)20-30(43)38(51)37(36)47-22-24(2)48/h10,12,23-26,28-35,39-40,46-50,52-54H,6-9,11,13-22,45H2,1-5H3/t24-,25-,26-,28-,29-,30-,31+,32-,33-,34-,35?,39+,40+,41+,42+,43+,44+/m0/s1. The molecule has 0 spiro atoms. The van der Waals surface area contributed by atoms with Gasteiger partial charge in [0, 0.05) is 24.1 Å². The summed E-state index contributed by atoms with van der Waals surface area (Å²) in [5.74, 6) is -0.497. The van der Waals surface area contributed by atoms with Crippen molar-refractivity contribution >= 4 is 5.78 Å². The van der Waals surface area contributed by atoms with Gasteiger partial charge in [-0.15, -0.1) is 0 Å². The number of unbranched alkanes of at least 4 members (excludes halogenated alkanes) is 1. The molecule has 2 aliphatic heterocycles. The summed E-state index contributed by atoms with van der Waals surface area (Å²) in [7, 11) is 0. The number of nitrogens with two attached hydrogens (primary N) is 1. The van der Waals surface area contributed by atoms with Crippen molar-refractivity contribution in [1.29, 1.82) is 0 Å². The highest BCUT2D eigenvalue weighted by atomic mass is 16.5. The number of ether oxygens (including phenoxy) is 1. The number of Topliss-reactive ketones (excluding diaryl/α,β-unsaturated/α-hetero) is 1. The van der Waals surface area contributed by atoms with Crippen LogP contribution in [0.25, 0.3) is 0 Å². The number of carbonyl (C=O) groups excluding carboxylic acids is 1. The Hall–Kier alpha value is -1.83. The van der Waals surface area contributed by atoms with Gasteiger partial charge in [-0.1, -0.05) is 46.1 Å². The van der Waals surface area contributed by atoms with Gasteiger partial charge in [0.1, 0.15) is 6.10 Å². The van der Waals surface area contributed by atoms with E-state index in [0.717, 1.165) is 24.8 Å². The SMILES string of the molecule is CCCC[C@H]1CC[C@@H]2O[C@@H]([C@@H](O)[C@](C)(O)[C@H]3CC[C@@]4(O)C5=C(NC[C@H](C)O)C(=O)[C@@H]6C[C@@H](O)[C@@H](O)C[C@]6(CCC6=CNC(N)C=C6)[C@H]5CC[C@]34C)[C@@H](C)[C@@H]2C1. The van der Waals surface area contributed by atoms with Crippen LogP contribution in [0.15, 0.2) is 35.2 Å². The molecule has 0 aromatic rings. The van der Waals surface area contributed by atoms with E-state index in [1.54, 1.807) is 13.8 Å². The van der Waals surface area contributed by atoms with E-state index < -0.39 is 64.4 Å². The van der Waals surface area contributed by atoms with Crippen molar-refractivity contribution in [1.82, 2.24) is 10.6 Å². The molecule has 5 aliphatic carbocycles. The Morgan fingerprint density at radius 3 is 2.56 bits per heavy atom. The Balaban J connectivity index is 1.22. The van der Waals surface area contributed by atoms with E-state index in [-0.39, 0.29) is 49.3 Å². The van der Waals surface area contributed by atoms with Crippen LogP contribution >= 0.6 is 0 Å². The fraction of sp³-hybridized carbons (Fsp3) is 0.841. The second kappa shape index (κ2) is 15.4. The monoisotopic (exact) mass is 770 g/mol. The van der Waals surface area contributed by atoms with Crippen molar-refractivity contribution in [2.24, 2.45) is 52.1 Å². The van der Waals surface area contributed by atoms with Gasteiger partial charge >= 0.3 is 0 Å². The first kappa shape index (κ1) is 41.3.